The highest BCUT2D eigenvalue weighted by Gasteiger charge is 2.08. The lowest BCUT2D eigenvalue weighted by atomic mass is 10.0. The van der Waals surface area contributed by atoms with Gasteiger partial charge in [0, 0.05) is 0 Å². The van der Waals surface area contributed by atoms with Crippen LogP contribution in [0, 0.1) is 0 Å². The number of rotatable bonds is 4. The van der Waals surface area contributed by atoms with Crippen molar-refractivity contribution in [1.29, 1.82) is 0 Å². The van der Waals surface area contributed by atoms with Gasteiger partial charge in [-0.1, -0.05) is 42.5 Å². The standard InChI is InChI=1S/C15H15ClO/c1-17-14-9-7-12(8-10-14)11-15(16)13-5-3-2-4-6-13/h2-10,15H,11H2,1H3. The Morgan fingerprint density at radius 2 is 1.65 bits per heavy atom. The molecule has 0 aliphatic heterocycles. The summed E-state index contributed by atoms with van der Waals surface area (Å²) >= 11 is 6.38. The first-order valence-electron chi connectivity index (χ1n) is 5.61. The van der Waals surface area contributed by atoms with Crippen LogP contribution >= 0.6 is 11.6 Å². The summed E-state index contributed by atoms with van der Waals surface area (Å²) < 4.78 is 5.13. The molecule has 1 atom stereocenters. The monoisotopic (exact) mass is 246 g/mol. The average Bonchev–Trinajstić information content (AvgIpc) is 2.40. The molecule has 0 heterocycles. The molecule has 2 aromatic rings. The molecule has 2 heteroatoms. The Balaban J connectivity index is 2.05. The normalized spacial score (nSPS) is 12.1. The van der Waals surface area contributed by atoms with E-state index in [0.717, 1.165) is 17.7 Å². The number of benzene rings is 2. The molecular weight excluding hydrogens is 232 g/mol. The highest BCUT2D eigenvalue weighted by atomic mass is 35.5. The van der Waals surface area contributed by atoms with Gasteiger partial charge in [-0.3, -0.25) is 0 Å². The largest absolute Gasteiger partial charge is 0.497 e. The average molecular weight is 247 g/mol. The minimum atomic E-state index is 0.0181. The van der Waals surface area contributed by atoms with Crippen LogP contribution in [0.5, 0.6) is 5.75 Å². The fourth-order valence-electron chi connectivity index (χ4n) is 1.75. The van der Waals surface area contributed by atoms with Crippen molar-refractivity contribution in [2.24, 2.45) is 0 Å². The van der Waals surface area contributed by atoms with Gasteiger partial charge < -0.3 is 4.74 Å². The van der Waals surface area contributed by atoms with E-state index in [1.165, 1.54) is 5.56 Å². The second kappa shape index (κ2) is 5.74. The zero-order valence-electron chi connectivity index (χ0n) is 9.77. The van der Waals surface area contributed by atoms with Crippen LogP contribution in [0.3, 0.4) is 0 Å². The number of methoxy groups -OCH3 is 1. The van der Waals surface area contributed by atoms with Crippen LogP contribution in [0.4, 0.5) is 0 Å². The van der Waals surface area contributed by atoms with Gasteiger partial charge in [0.05, 0.1) is 12.5 Å². The van der Waals surface area contributed by atoms with Crippen LogP contribution in [0.1, 0.15) is 16.5 Å². The molecule has 2 aromatic carbocycles. The van der Waals surface area contributed by atoms with Gasteiger partial charge in [0.2, 0.25) is 0 Å². The molecule has 88 valence electrons. The summed E-state index contributed by atoms with van der Waals surface area (Å²) in [6.45, 7) is 0. The number of halogens is 1. The molecule has 0 aliphatic carbocycles. The van der Waals surface area contributed by atoms with Crippen molar-refractivity contribution < 1.29 is 4.74 Å². The first-order valence-corrected chi connectivity index (χ1v) is 6.05. The maximum absolute atomic E-state index is 6.38. The topological polar surface area (TPSA) is 9.23 Å². The summed E-state index contributed by atoms with van der Waals surface area (Å²) in [5.41, 5.74) is 2.37. The van der Waals surface area contributed by atoms with E-state index in [1.807, 2.05) is 30.3 Å². The van der Waals surface area contributed by atoms with Crippen LogP contribution in [-0.2, 0) is 6.42 Å². The summed E-state index contributed by atoms with van der Waals surface area (Å²) in [5, 5.41) is 0.0181. The molecule has 0 radical (unpaired) electrons. The lowest BCUT2D eigenvalue weighted by Gasteiger charge is -2.10. The maximum Gasteiger partial charge on any atom is 0.118 e. The Labute approximate surface area is 107 Å². The smallest absolute Gasteiger partial charge is 0.118 e. The van der Waals surface area contributed by atoms with Crippen LogP contribution in [-0.4, -0.2) is 7.11 Å². The Morgan fingerprint density at radius 1 is 1.00 bits per heavy atom. The van der Waals surface area contributed by atoms with Crippen molar-refractivity contribution >= 4 is 11.6 Å². The molecule has 0 fully saturated rings. The lowest BCUT2D eigenvalue weighted by molar-refractivity contribution is 0.414. The quantitative estimate of drug-likeness (QED) is 0.734. The molecule has 0 aliphatic rings. The maximum atomic E-state index is 6.38. The second-order valence-electron chi connectivity index (χ2n) is 3.93. The Hall–Kier alpha value is -1.47. The molecular formula is C15H15ClO. The second-order valence-corrected chi connectivity index (χ2v) is 4.46. The molecule has 0 amide bonds. The molecule has 1 nitrogen and oxygen atoms in total. The van der Waals surface area contributed by atoms with Gasteiger partial charge in [-0.05, 0) is 29.7 Å². The van der Waals surface area contributed by atoms with Crippen molar-refractivity contribution in [2.75, 3.05) is 7.11 Å². The molecule has 0 saturated heterocycles. The lowest BCUT2D eigenvalue weighted by Crippen LogP contribution is -1.95. The molecule has 17 heavy (non-hydrogen) atoms. The predicted octanol–water partition coefficient (Wildman–Crippen LogP) is 4.22. The van der Waals surface area contributed by atoms with E-state index >= 15 is 0 Å². The van der Waals surface area contributed by atoms with Gasteiger partial charge in [-0.25, -0.2) is 0 Å². The third kappa shape index (κ3) is 3.24. The number of alkyl halides is 1. The van der Waals surface area contributed by atoms with Gasteiger partial charge in [0.25, 0.3) is 0 Å². The van der Waals surface area contributed by atoms with E-state index in [4.69, 9.17) is 16.3 Å². The SMILES string of the molecule is COc1ccc(CC(Cl)c2ccccc2)cc1. The summed E-state index contributed by atoms with van der Waals surface area (Å²) in [6, 6.07) is 18.2. The van der Waals surface area contributed by atoms with Crippen molar-refractivity contribution in [3.8, 4) is 5.75 Å². The molecule has 0 N–H and O–H groups in total. The van der Waals surface area contributed by atoms with Crippen LogP contribution in [0.15, 0.2) is 54.6 Å². The van der Waals surface area contributed by atoms with E-state index in [2.05, 4.69) is 24.3 Å². The zero-order valence-corrected chi connectivity index (χ0v) is 10.5. The third-order valence-corrected chi connectivity index (χ3v) is 3.14. The van der Waals surface area contributed by atoms with Gasteiger partial charge in [0.15, 0.2) is 0 Å². The number of hydrogen-bond acceptors (Lipinski definition) is 1. The van der Waals surface area contributed by atoms with Gasteiger partial charge in [-0.2, -0.15) is 0 Å². The molecule has 0 bridgehead atoms. The highest BCUT2D eigenvalue weighted by Crippen LogP contribution is 2.25. The predicted molar refractivity (Wildman–Crippen MR) is 71.7 cm³/mol. The molecule has 2 rings (SSSR count). The molecule has 0 saturated carbocycles. The number of hydrogen-bond donors (Lipinski definition) is 0. The number of ether oxygens (including phenoxy) is 1. The van der Waals surface area contributed by atoms with Gasteiger partial charge >= 0.3 is 0 Å². The summed E-state index contributed by atoms with van der Waals surface area (Å²) in [6.07, 6.45) is 0.829. The summed E-state index contributed by atoms with van der Waals surface area (Å²) in [5.74, 6) is 0.875. The Morgan fingerprint density at radius 3 is 2.24 bits per heavy atom. The fraction of sp³-hybridized carbons (Fsp3) is 0.200. The van der Waals surface area contributed by atoms with Gasteiger partial charge in [0.1, 0.15) is 5.75 Å². The minimum Gasteiger partial charge on any atom is -0.497 e. The van der Waals surface area contributed by atoms with Crippen molar-refractivity contribution in [3.63, 3.8) is 0 Å². The van der Waals surface area contributed by atoms with E-state index in [1.54, 1.807) is 7.11 Å². The third-order valence-electron chi connectivity index (χ3n) is 2.74. The first-order chi connectivity index (χ1) is 8.29. The highest BCUT2D eigenvalue weighted by molar-refractivity contribution is 6.20. The van der Waals surface area contributed by atoms with Crippen LogP contribution in [0.25, 0.3) is 0 Å². The van der Waals surface area contributed by atoms with Crippen LogP contribution in [0.2, 0.25) is 0 Å². The van der Waals surface area contributed by atoms with Crippen molar-refractivity contribution in [3.05, 3.63) is 65.7 Å². The summed E-state index contributed by atoms with van der Waals surface area (Å²) in [7, 11) is 1.67. The van der Waals surface area contributed by atoms with Crippen molar-refractivity contribution in [1.82, 2.24) is 0 Å². The Kier molecular flexibility index (Phi) is 4.05. The fourth-order valence-corrected chi connectivity index (χ4v) is 2.07. The van der Waals surface area contributed by atoms with Crippen molar-refractivity contribution in [2.45, 2.75) is 11.8 Å². The Bertz CT molecular complexity index is 450. The van der Waals surface area contributed by atoms with Crippen LogP contribution < -0.4 is 4.74 Å². The molecule has 0 aromatic heterocycles. The van der Waals surface area contributed by atoms with E-state index in [0.29, 0.717) is 0 Å². The van der Waals surface area contributed by atoms with E-state index < -0.39 is 0 Å². The van der Waals surface area contributed by atoms with E-state index in [-0.39, 0.29) is 5.38 Å². The molecule has 0 spiro atoms. The zero-order chi connectivity index (χ0) is 12.1. The summed E-state index contributed by atoms with van der Waals surface area (Å²) in [4.78, 5) is 0. The molecule has 1 unspecified atom stereocenters. The van der Waals surface area contributed by atoms with Gasteiger partial charge in [-0.15, -0.1) is 11.6 Å². The van der Waals surface area contributed by atoms with E-state index in [9.17, 15) is 0 Å². The minimum absolute atomic E-state index is 0.0181. The first kappa shape index (κ1) is 12.0.